The minimum atomic E-state index is -1.23. The van der Waals surface area contributed by atoms with Crippen molar-refractivity contribution in [3.05, 3.63) is 59.7 Å². The summed E-state index contributed by atoms with van der Waals surface area (Å²) >= 11 is 0. The van der Waals surface area contributed by atoms with Crippen molar-refractivity contribution in [1.82, 2.24) is 4.90 Å². The van der Waals surface area contributed by atoms with Gasteiger partial charge < -0.3 is 9.84 Å². The molecule has 2 aliphatic carbocycles. The Morgan fingerprint density at radius 1 is 1.00 bits per heavy atom. The highest BCUT2D eigenvalue weighted by Gasteiger charge is 2.55. The van der Waals surface area contributed by atoms with Gasteiger partial charge in [0.15, 0.2) is 0 Å². The molecule has 4 rings (SSSR count). The Bertz CT molecular complexity index is 985. The third-order valence-corrected chi connectivity index (χ3v) is 7.59. The van der Waals surface area contributed by atoms with Gasteiger partial charge in [0, 0.05) is 12.0 Å². The molecule has 1 amide bonds. The van der Waals surface area contributed by atoms with E-state index in [1.54, 1.807) is 0 Å². The highest BCUT2D eigenvalue weighted by molar-refractivity contribution is 5.85. The van der Waals surface area contributed by atoms with Crippen molar-refractivity contribution in [2.75, 3.05) is 6.61 Å². The second-order valence-corrected chi connectivity index (χ2v) is 10.1. The van der Waals surface area contributed by atoms with Gasteiger partial charge in [-0.3, -0.25) is 4.90 Å². The monoisotopic (exact) mass is 449 g/mol. The summed E-state index contributed by atoms with van der Waals surface area (Å²) in [5.74, 6) is -0.915. The second kappa shape index (κ2) is 9.20. The topological polar surface area (TPSA) is 66.8 Å². The Morgan fingerprint density at radius 3 is 2.09 bits per heavy atom. The first-order valence-electron chi connectivity index (χ1n) is 12.2. The van der Waals surface area contributed by atoms with E-state index in [1.807, 2.05) is 38.1 Å². The summed E-state index contributed by atoms with van der Waals surface area (Å²) in [5, 5.41) is 10.5. The van der Waals surface area contributed by atoms with E-state index in [2.05, 4.69) is 38.1 Å². The molecule has 2 aromatic rings. The number of hydrogen-bond acceptors (Lipinski definition) is 3. The summed E-state index contributed by atoms with van der Waals surface area (Å²) in [6, 6.07) is 16.2. The predicted octanol–water partition coefficient (Wildman–Crippen LogP) is 6.32. The van der Waals surface area contributed by atoms with Gasteiger partial charge in [0.2, 0.25) is 0 Å². The van der Waals surface area contributed by atoms with Crippen molar-refractivity contribution in [1.29, 1.82) is 0 Å². The lowest BCUT2D eigenvalue weighted by Gasteiger charge is -2.50. The molecule has 1 fully saturated rings. The number of nitrogens with zero attached hydrogens (tertiary/aromatic N) is 1. The van der Waals surface area contributed by atoms with Gasteiger partial charge in [-0.15, -0.1) is 0 Å². The highest BCUT2D eigenvalue weighted by atomic mass is 16.6. The number of carbonyl (C=O) groups is 2. The van der Waals surface area contributed by atoms with Crippen LogP contribution in [0.1, 0.15) is 70.4 Å². The molecular weight excluding hydrogens is 414 g/mol. The number of rotatable bonds is 6. The van der Waals surface area contributed by atoms with Gasteiger partial charge in [0.1, 0.15) is 12.1 Å². The van der Waals surface area contributed by atoms with Crippen molar-refractivity contribution in [2.24, 2.45) is 11.8 Å². The Morgan fingerprint density at radius 2 is 1.58 bits per heavy atom. The summed E-state index contributed by atoms with van der Waals surface area (Å²) in [6.45, 7) is 8.09. The molecule has 0 radical (unpaired) electrons. The SMILES string of the molecule is CC(C)C1CCCCC1(C(=O)O)N(C(=O)OCC1c2ccccc2-c2ccccc21)C(C)C. The van der Waals surface area contributed by atoms with Crippen LogP contribution in [0.3, 0.4) is 0 Å². The molecule has 33 heavy (non-hydrogen) atoms. The molecule has 1 saturated carbocycles. The van der Waals surface area contributed by atoms with Gasteiger partial charge in [0.25, 0.3) is 0 Å². The minimum absolute atomic E-state index is 0.0524. The van der Waals surface area contributed by atoms with E-state index in [9.17, 15) is 14.7 Å². The molecule has 0 aliphatic heterocycles. The molecule has 2 aliphatic rings. The lowest BCUT2D eigenvalue weighted by Crippen LogP contribution is -2.65. The van der Waals surface area contributed by atoms with Crippen LogP contribution in [0.15, 0.2) is 48.5 Å². The maximum Gasteiger partial charge on any atom is 0.411 e. The van der Waals surface area contributed by atoms with Crippen LogP contribution in [0, 0.1) is 11.8 Å². The van der Waals surface area contributed by atoms with Crippen molar-refractivity contribution in [3.8, 4) is 11.1 Å². The van der Waals surface area contributed by atoms with Gasteiger partial charge in [0.05, 0.1) is 0 Å². The Kier molecular flexibility index (Phi) is 6.51. The first kappa shape index (κ1) is 23.3. The molecule has 0 bridgehead atoms. The number of carboxylic acid groups (broad SMARTS) is 1. The zero-order chi connectivity index (χ0) is 23.8. The largest absolute Gasteiger partial charge is 0.479 e. The van der Waals surface area contributed by atoms with E-state index in [-0.39, 0.29) is 30.4 Å². The number of fused-ring (bicyclic) bond motifs is 3. The second-order valence-electron chi connectivity index (χ2n) is 10.1. The van der Waals surface area contributed by atoms with E-state index in [0.29, 0.717) is 6.42 Å². The fourth-order valence-corrected chi connectivity index (χ4v) is 6.23. The van der Waals surface area contributed by atoms with Crippen LogP contribution < -0.4 is 0 Å². The van der Waals surface area contributed by atoms with Crippen LogP contribution in [0.25, 0.3) is 11.1 Å². The molecule has 0 spiro atoms. The molecule has 2 aromatic carbocycles. The quantitative estimate of drug-likeness (QED) is 0.561. The fraction of sp³-hybridized carbons (Fsp3) is 0.500. The normalized spacial score (nSPS) is 22.2. The molecule has 0 saturated heterocycles. The number of carboxylic acids is 1. The molecule has 2 atom stereocenters. The zero-order valence-electron chi connectivity index (χ0n) is 20.1. The van der Waals surface area contributed by atoms with Gasteiger partial charge in [-0.05, 0) is 60.8 Å². The summed E-state index contributed by atoms with van der Waals surface area (Å²) < 4.78 is 5.94. The zero-order valence-corrected chi connectivity index (χ0v) is 20.1. The maximum atomic E-state index is 13.6. The van der Waals surface area contributed by atoms with Gasteiger partial charge in [-0.25, -0.2) is 9.59 Å². The molecule has 2 unspecified atom stereocenters. The van der Waals surface area contributed by atoms with E-state index >= 15 is 0 Å². The van der Waals surface area contributed by atoms with E-state index < -0.39 is 17.6 Å². The van der Waals surface area contributed by atoms with Crippen LogP contribution >= 0.6 is 0 Å². The van der Waals surface area contributed by atoms with Gasteiger partial charge >= 0.3 is 12.1 Å². The molecule has 176 valence electrons. The minimum Gasteiger partial charge on any atom is -0.479 e. The van der Waals surface area contributed by atoms with Crippen LogP contribution in [0.2, 0.25) is 0 Å². The first-order chi connectivity index (χ1) is 15.8. The van der Waals surface area contributed by atoms with Crippen LogP contribution in [0.5, 0.6) is 0 Å². The van der Waals surface area contributed by atoms with Crippen LogP contribution in [-0.4, -0.2) is 40.3 Å². The van der Waals surface area contributed by atoms with E-state index in [4.69, 9.17) is 4.74 Å². The first-order valence-corrected chi connectivity index (χ1v) is 12.2. The number of aliphatic carboxylic acids is 1. The number of amides is 1. The van der Waals surface area contributed by atoms with Crippen molar-refractivity contribution < 1.29 is 19.4 Å². The van der Waals surface area contributed by atoms with E-state index in [0.717, 1.165) is 30.4 Å². The molecule has 1 N–H and O–H groups in total. The fourth-order valence-electron chi connectivity index (χ4n) is 6.23. The van der Waals surface area contributed by atoms with E-state index in [1.165, 1.54) is 16.0 Å². The lowest BCUT2D eigenvalue weighted by atomic mass is 9.66. The average Bonchev–Trinajstić information content (AvgIpc) is 3.11. The van der Waals surface area contributed by atoms with Crippen LogP contribution in [0.4, 0.5) is 4.79 Å². The number of benzene rings is 2. The smallest absolute Gasteiger partial charge is 0.411 e. The molecule has 5 heteroatoms. The van der Waals surface area contributed by atoms with Crippen molar-refractivity contribution in [2.45, 2.75) is 70.9 Å². The van der Waals surface area contributed by atoms with Crippen LogP contribution in [-0.2, 0) is 9.53 Å². The third-order valence-electron chi connectivity index (χ3n) is 7.59. The Balaban J connectivity index is 1.63. The summed E-state index contributed by atoms with van der Waals surface area (Å²) in [4.78, 5) is 27.9. The molecule has 0 heterocycles. The summed E-state index contributed by atoms with van der Waals surface area (Å²) in [7, 11) is 0. The number of hydrogen-bond donors (Lipinski definition) is 1. The Labute approximate surface area is 196 Å². The molecular formula is C28H35NO4. The van der Waals surface area contributed by atoms with Gasteiger partial charge in [-0.1, -0.05) is 75.2 Å². The molecule has 0 aromatic heterocycles. The maximum absolute atomic E-state index is 13.6. The summed E-state index contributed by atoms with van der Waals surface area (Å²) in [5.41, 5.74) is 3.40. The standard InChI is InChI=1S/C28H35NO4/c1-18(2)25-15-9-10-16-28(25,26(30)31)29(19(3)4)27(32)33-17-24-22-13-7-5-11-20(22)21-12-6-8-14-23(21)24/h5-8,11-14,18-19,24-25H,9-10,15-17H2,1-4H3,(H,30,31). The number of ether oxygens (including phenoxy) is 1. The average molecular weight is 450 g/mol. The number of carbonyl (C=O) groups excluding carboxylic acids is 1. The highest BCUT2D eigenvalue weighted by Crippen LogP contribution is 2.46. The third kappa shape index (κ3) is 3.92. The predicted molar refractivity (Wildman–Crippen MR) is 129 cm³/mol. The van der Waals surface area contributed by atoms with Crippen molar-refractivity contribution >= 4 is 12.1 Å². The van der Waals surface area contributed by atoms with Gasteiger partial charge in [-0.2, -0.15) is 0 Å². The summed E-state index contributed by atoms with van der Waals surface area (Å²) in [6.07, 6.45) is 2.54. The lowest BCUT2D eigenvalue weighted by molar-refractivity contribution is -0.161. The van der Waals surface area contributed by atoms with Crippen molar-refractivity contribution in [3.63, 3.8) is 0 Å². The molecule has 5 nitrogen and oxygen atoms in total. The Hall–Kier alpha value is -2.82.